The number of likely N-dealkylation sites (N-methyl/N-ethyl adjacent to an activating group) is 1. The summed E-state index contributed by atoms with van der Waals surface area (Å²) in [5, 5.41) is 5.53. The smallest absolute Gasteiger partial charge is 0.316 e. The third-order valence-electron chi connectivity index (χ3n) is 9.47. The predicted molar refractivity (Wildman–Crippen MR) is 152 cm³/mol. The third-order valence-corrected chi connectivity index (χ3v) is 9.47. The third kappa shape index (κ3) is 4.54. The largest absolute Gasteiger partial charge is 0.462 e. The molecule has 0 aliphatic carbocycles. The van der Waals surface area contributed by atoms with Gasteiger partial charge in [0.05, 0.1) is 23.5 Å². The number of rotatable bonds is 5. The van der Waals surface area contributed by atoms with Crippen molar-refractivity contribution in [3.63, 3.8) is 0 Å². The average Bonchev–Trinajstić information content (AvgIpc) is 3.53. The standard InChI is InChI=1S/C32H36FN5O/c1-3-25-27(33)12-9-20-6-4-8-29(30(20)25)38-15-13-26-28(18-38)35-32(39-19-24-7-5-14-37(24)2)36-31(26)21-16-22-10-11-23(17-21)34-22/h1,4,6,8-9,12,21-24,34H,5,7,10-11,13-19H2,2H3/t21?,22-,23+,24-/m0/s1. The van der Waals surface area contributed by atoms with Crippen LogP contribution in [-0.4, -0.2) is 59.7 Å². The van der Waals surface area contributed by atoms with Crippen LogP contribution >= 0.6 is 0 Å². The highest BCUT2D eigenvalue weighted by Crippen LogP contribution is 2.41. The topological polar surface area (TPSA) is 53.5 Å². The molecule has 6 nitrogen and oxygen atoms in total. The first-order chi connectivity index (χ1) is 19.1. The van der Waals surface area contributed by atoms with E-state index < -0.39 is 0 Å². The summed E-state index contributed by atoms with van der Waals surface area (Å²) < 4.78 is 21.0. The van der Waals surface area contributed by atoms with E-state index in [1.54, 1.807) is 0 Å². The highest BCUT2D eigenvalue weighted by Gasteiger charge is 2.37. The molecular weight excluding hydrogens is 489 g/mol. The van der Waals surface area contributed by atoms with Gasteiger partial charge in [0.15, 0.2) is 0 Å². The summed E-state index contributed by atoms with van der Waals surface area (Å²) in [4.78, 5) is 14.8. The van der Waals surface area contributed by atoms with Crippen LogP contribution in [0.15, 0.2) is 30.3 Å². The Morgan fingerprint density at radius 2 is 1.95 bits per heavy atom. The molecule has 3 fully saturated rings. The number of halogens is 1. The van der Waals surface area contributed by atoms with Crippen LogP contribution in [0, 0.1) is 18.2 Å². The fraction of sp³-hybridized carbons (Fsp3) is 0.500. The lowest BCUT2D eigenvalue weighted by Gasteiger charge is -2.35. The molecule has 0 spiro atoms. The molecule has 1 aromatic heterocycles. The fourth-order valence-electron chi connectivity index (χ4n) is 7.42. The van der Waals surface area contributed by atoms with E-state index in [1.807, 2.05) is 24.3 Å². The number of fused-ring (bicyclic) bond motifs is 4. The normalized spacial score (nSPS) is 26.5. The molecular formula is C32H36FN5O. The number of nitrogens with one attached hydrogen (secondary N) is 1. The summed E-state index contributed by atoms with van der Waals surface area (Å²) in [6.07, 6.45) is 13.8. The van der Waals surface area contributed by atoms with Crippen LogP contribution in [0.25, 0.3) is 10.8 Å². The number of likely N-dealkylation sites (tertiary alicyclic amines) is 1. The second-order valence-corrected chi connectivity index (χ2v) is 11.8. The molecule has 1 N–H and O–H groups in total. The molecule has 0 radical (unpaired) electrons. The number of anilines is 1. The number of piperidine rings is 1. The molecule has 2 aromatic carbocycles. The maximum atomic E-state index is 14.7. The van der Waals surface area contributed by atoms with Gasteiger partial charge in [-0.2, -0.15) is 9.97 Å². The van der Waals surface area contributed by atoms with E-state index in [0.717, 1.165) is 60.9 Å². The van der Waals surface area contributed by atoms with E-state index in [-0.39, 0.29) is 5.82 Å². The Balaban J connectivity index is 1.25. The van der Waals surface area contributed by atoms with Gasteiger partial charge in [0.25, 0.3) is 0 Å². The van der Waals surface area contributed by atoms with Gasteiger partial charge in [0.1, 0.15) is 12.4 Å². The molecule has 2 bridgehead atoms. The maximum Gasteiger partial charge on any atom is 0.316 e. The number of hydrogen-bond donors (Lipinski definition) is 1. The molecule has 202 valence electrons. The molecule has 39 heavy (non-hydrogen) atoms. The first-order valence-corrected chi connectivity index (χ1v) is 14.5. The van der Waals surface area contributed by atoms with Crippen LogP contribution in [0.2, 0.25) is 0 Å². The zero-order chi connectivity index (χ0) is 26.5. The monoisotopic (exact) mass is 525 g/mol. The van der Waals surface area contributed by atoms with Gasteiger partial charge in [-0.3, -0.25) is 0 Å². The van der Waals surface area contributed by atoms with Gasteiger partial charge >= 0.3 is 6.01 Å². The predicted octanol–water partition coefficient (Wildman–Crippen LogP) is 4.78. The van der Waals surface area contributed by atoms with E-state index in [0.29, 0.717) is 48.8 Å². The minimum atomic E-state index is -0.354. The summed E-state index contributed by atoms with van der Waals surface area (Å²) in [7, 11) is 2.17. The van der Waals surface area contributed by atoms with E-state index in [2.05, 4.69) is 28.1 Å². The zero-order valence-corrected chi connectivity index (χ0v) is 22.6. The fourth-order valence-corrected chi connectivity index (χ4v) is 7.42. The van der Waals surface area contributed by atoms with Crippen LogP contribution < -0.4 is 15.0 Å². The molecule has 4 aliphatic rings. The summed E-state index contributed by atoms with van der Waals surface area (Å²) in [6, 6.07) is 11.4. The summed E-state index contributed by atoms with van der Waals surface area (Å²) in [5.41, 5.74) is 4.79. The molecule has 3 saturated heterocycles. The maximum absolute atomic E-state index is 14.7. The van der Waals surface area contributed by atoms with E-state index in [1.165, 1.54) is 36.6 Å². The van der Waals surface area contributed by atoms with Crippen LogP contribution in [0.4, 0.5) is 10.1 Å². The summed E-state index contributed by atoms with van der Waals surface area (Å²) in [6.45, 7) is 3.17. The average molecular weight is 526 g/mol. The van der Waals surface area contributed by atoms with Gasteiger partial charge in [-0.25, -0.2) is 4.39 Å². The molecule has 7 heteroatoms. The number of nitrogens with zero attached hydrogens (tertiary/aromatic N) is 4. The first kappa shape index (κ1) is 24.8. The SMILES string of the molecule is C#Cc1c(F)ccc2cccc(N3CCc4c(nc(OC[C@@H]5CCCN5C)nc4C4C[C@H]5CC[C@@H](C4)N5)C3)c12. The van der Waals surface area contributed by atoms with Gasteiger partial charge in [0, 0.05) is 41.7 Å². The van der Waals surface area contributed by atoms with Crippen molar-refractivity contribution in [2.24, 2.45) is 0 Å². The number of ether oxygens (including phenoxy) is 1. The Hall–Kier alpha value is -3.21. The highest BCUT2D eigenvalue weighted by molar-refractivity contribution is 5.99. The number of terminal acetylenes is 1. The van der Waals surface area contributed by atoms with E-state index >= 15 is 0 Å². The number of aromatic nitrogens is 2. The first-order valence-electron chi connectivity index (χ1n) is 14.5. The lowest BCUT2D eigenvalue weighted by atomic mass is 9.85. The Morgan fingerprint density at radius 3 is 2.72 bits per heavy atom. The molecule has 1 unspecified atom stereocenters. The molecule has 7 rings (SSSR count). The van der Waals surface area contributed by atoms with Crippen LogP contribution in [0.1, 0.15) is 67.0 Å². The van der Waals surface area contributed by atoms with Gasteiger partial charge in [0.2, 0.25) is 0 Å². The van der Waals surface area contributed by atoms with E-state index in [4.69, 9.17) is 21.1 Å². The number of hydrogen-bond acceptors (Lipinski definition) is 6. The van der Waals surface area contributed by atoms with Gasteiger partial charge in [-0.05, 0) is 81.6 Å². The van der Waals surface area contributed by atoms with Crippen LogP contribution in [0.5, 0.6) is 6.01 Å². The lowest BCUT2D eigenvalue weighted by molar-refractivity contribution is 0.186. The van der Waals surface area contributed by atoms with Crippen molar-refractivity contribution in [1.82, 2.24) is 20.2 Å². The Labute approximate surface area is 230 Å². The Bertz CT molecular complexity index is 1440. The van der Waals surface area contributed by atoms with Crippen molar-refractivity contribution in [2.45, 2.75) is 75.5 Å². The zero-order valence-electron chi connectivity index (χ0n) is 22.6. The molecule has 0 saturated carbocycles. The van der Waals surface area contributed by atoms with Gasteiger partial charge < -0.3 is 19.9 Å². The van der Waals surface area contributed by atoms with Crippen molar-refractivity contribution >= 4 is 16.5 Å². The highest BCUT2D eigenvalue weighted by atomic mass is 19.1. The Morgan fingerprint density at radius 1 is 1.10 bits per heavy atom. The molecule has 3 aromatic rings. The van der Waals surface area contributed by atoms with Crippen molar-refractivity contribution in [1.29, 1.82) is 0 Å². The molecule has 4 aliphatic heterocycles. The summed E-state index contributed by atoms with van der Waals surface area (Å²) >= 11 is 0. The van der Waals surface area contributed by atoms with Crippen LogP contribution in [0.3, 0.4) is 0 Å². The quantitative estimate of drug-likeness (QED) is 0.484. The van der Waals surface area contributed by atoms with Crippen molar-refractivity contribution < 1.29 is 9.13 Å². The van der Waals surface area contributed by atoms with Crippen molar-refractivity contribution in [3.05, 3.63) is 58.7 Å². The second kappa shape index (κ2) is 10.1. The minimum absolute atomic E-state index is 0.326. The van der Waals surface area contributed by atoms with E-state index in [9.17, 15) is 4.39 Å². The van der Waals surface area contributed by atoms with Crippen LogP contribution in [-0.2, 0) is 13.0 Å². The van der Waals surface area contributed by atoms with Gasteiger partial charge in [-0.1, -0.05) is 24.1 Å². The van der Waals surface area contributed by atoms with Gasteiger partial charge in [-0.15, -0.1) is 6.42 Å². The molecule has 0 amide bonds. The summed E-state index contributed by atoms with van der Waals surface area (Å²) in [5.74, 6) is 2.68. The lowest BCUT2D eigenvalue weighted by Crippen LogP contribution is -2.39. The minimum Gasteiger partial charge on any atom is -0.462 e. The second-order valence-electron chi connectivity index (χ2n) is 11.8. The van der Waals surface area contributed by atoms with Crippen molar-refractivity contribution in [3.8, 4) is 18.4 Å². The number of benzene rings is 2. The molecule has 5 heterocycles. The Kier molecular flexibility index (Phi) is 6.41. The molecule has 4 atom stereocenters. The van der Waals surface area contributed by atoms with Crippen molar-refractivity contribution in [2.75, 3.05) is 31.6 Å².